The second kappa shape index (κ2) is 7.45. The van der Waals surface area contributed by atoms with Crippen molar-refractivity contribution in [1.82, 2.24) is 15.1 Å². The van der Waals surface area contributed by atoms with Gasteiger partial charge in [-0.05, 0) is 56.3 Å². The van der Waals surface area contributed by atoms with Gasteiger partial charge in [0.25, 0.3) is 0 Å². The maximum atomic E-state index is 13.0. The zero-order chi connectivity index (χ0) is 16.2. The molecule has 0 N–H and O–H groups in total. The van der Waals surface area contributed by atoms with Crippen molar-refractivity contribution in [2.45, 2.75) is 44.0 Å². The molecule has 0 saturated heterocycles. The first-order valence-electron chi connectivity index (χ1n) is 8.06. The summed E-state index contributed by atoms with van der Waals surface area (Å²) in [5, 5.41) is 8.98. The summed E-state index contributed by atoms with van der Waals surface area (Å²) in [6.45, 7) is 2.87. The van der Waals surface area contributed by atoms with E-state index in [0.29, 0.717) is 24.4 Å². The molecule has 1 aromatic carbocycles. The van der Waals surface area contributed by atoms with Crippen molar-refractivity contribution in [3.8, 4) is 11.5 Å². The van der Waals surface area contributed by atoms with Crippen LogP contribution in [-0.2, 0) is 6.54 Å². The third-order valence-corrected chi connectivity index (χ3v) is 5.56. The summed E-state index contributed by atoms with van der Waals surface area (Å²) in [7, 11) is 2.12. The number of nitrogens with zero attached hydrogens (tertiary/aromatic N) is 3. The van der Waals surface area contributed by atoms with Gasteiger partial charge >= 0.3 is 0 Å². The zero-order valence-corrected chi connectivity index (χ0v) is 14.4. The molecule has 23 heavy (non-hydrogen) atoms. The van der Waals surface area contributed by atoms with Crippen LogP contribution >= 0.6 is 11.8 Å². The summed E-state index contributed by atoms with van der Waals surface area (Å²) in [6.07, 6.45) is 3.75. The maximum absolute atomic E-state index is 13.0. The van der Waals surface area contributed by atoms with Gasteiger partial charge in [0.15, 0.2) is 0 Å². The minimum absolute atomic E-state index is 0.269. The third-order valence-electron chi connectivity index (χ3n) is 4.33. The van der Waals surface area contributed by atoms with Crippen molar-refractivity contribution >= 4 is 11.8 Å². The Kier molecular flexibility index (Phi) is 5.33. The first kappa shape index (κ1) is 16.5. The lowest BCUT2D eigenvalue weighted by atomic mass is 10.2. The Balaban J connectivity index is 1.59. The van der Waals surface area contributed by atoms with Gasteiger partial charge in [-0.15, -0.1) is 10.2 Å². The predicted molar refractivity (Wildman–Crippen MR) is 90.7 cm³/mol. The Labute approximate surface area is 140 Å². The minimum atomic E-state index is -0.269. The molecule has 6 heteroatoms. The maximum Gasteiger partial charge on any atom is 0.247 e. The SMILES string of the molecule is CCS[C@H]1CC[C@H](N(C)Cc2nnc(-c3ccc(F)cc3)o2)C1. The number of benzene rings is 1. The van der Waals surface area contributed by atoms with Gasteiger partial charge in [-0.25, -0.2) is 4.39 Å². The molecule has 0 unspecified atom stereocenters. The molecule has 0 aliphatic heterocycles. The average Bonchev–Trinajstić information content (AvgIpc) is 3.18. The highest BCUT2D eigenvalue weighted by molar-refractivity contribution is 7.99. The van der Waals surface area contributed by atoms with Crippen LogP contribution in [0, 0.1) is 5.82 Å². The van der Waals surface area contributed by atoms with Crippen LogP contribution in [0.1, 0.15) is 32.1 Å². The van der Waals surface area contributed by atoms with E-state index in [-0.39, 0.29) is 5.82 Å². The third kappa shape index (κ3) is 4.12. The van der Waals surface area contributed by atoms with E-state index in [1.54, 1.807) is 12.1 Å². The van der Waals surface area contributed by atoms with Crippen molar-refractivity contribution in [2.24, 2.45) is 0 Å². The number of hydrogen-bond donors (Lipinski definition) is 0. The second-order valence-corrected chi connectivity index (χ2v) is 7.54. The predicted octanol–water partition coefficient (Wildman–Crippen LogP) is 3.98. The van der Waals surface area contributed by atoms with E-state index in [1.807, 2.05) is 0 Å². The molecule has 1 aliphatic carbocycles. The first-order valence-corrected chi connectivity index (χ1v) is 9.10. The molecule has 0 bridgehead atoms. The van der Waals surface area contributed by atoms with E-state index in [2.05, 4.69) is 40.8 Å². The van der Waals surface area contributed by atoms with Gasteiger partial charge < -0.3 is 4.42 Å². The fraction of sp³-hybridized carbons (Fsp3) is 0.529. The quantitative estimate of drug-likeness (QED) is 0.799. The molecule has 2 atom stereocenters. The lowest BCUT2D eigenvalue weighted by Gasteiger charge is -2.22. The van der Waals surface area contributed by atoms with Crippen LogP contribution < -0.4 is 0 Å². The van der Waals surface area contributed by atoms with Crippen LogP contribution in [0.5, 0.6) is 0 Å². The van der Waals surface area contributed by atoms with Crippen molar-refractivity contribution in [1.29, 1.82) is 0 Å². The van der Waals surface area contributed by atoms with Crippen molar-refractivity contribution in [2.75, 3.05) is 12.8 Å². The van der Waals surface area contributed by atoms with Crippen LogP contribution in [0.2, 0.25) is 0 Å². The van der Waals surface area contributed by atoms with Crippen LogP contribution in [0.15, 0.2) is 28.7 Å². The van der Waals surface area contributed by atoms with Gasteiger partial charge in [0.1, 0.15) is 5.82 Å². The molecule has 1 aromatic heterocycles. The standard InChI is InChI=1S/C17H22FN3OS/c1-3-23-15-9-8-14(10-15)21(2)11-16-19-20-17(22-16)12-4-6-13(18)7-5-12/h4-7,14-15H,3,8-11H2,1-2H3/t14-,15-/m0/s1. The first-order chi connectivity index (χ1) is 11.2. The van der Waals surface area contributed by atoms with Gasteiger partial charge in [0, 0.05) is 16.9 Å². The Bertz CT molecular complexity index is 631. The lowest BCUT2D eigenvalue weighted by molar-refractivity contribution is 0.216. The molecule has 0 radical (unpaired) electrons. The molecule has 3 rings (SSSR count). The molecule has 0 amide bonds. The molecule has 4 nitrogen and oxygen atoms in total. The van der Waals surface area contributed by atoms with E-state index < -0.39 is 0 Å². The number of hydrogen-bond acceptors (Lipinski definition) is 5. The van der Waals surface area contributed by atoms with Crippen LogP contribution in [0.3, 0.4) is 0 Å². The molecular formula is C17H22FN3OS. The summed E-state index contributed by atoms with van der Waals surface area (Å²) in [5.74, 6) is 1.97. The Morgan fingerprint density at radius 1 is 1.26 bits per heavy atom. The minimum Gasteiger partial charge on any atom is -0.419 e. The van der Waals surface area contributed by atoms with E-state index in [9.17, 15) is 4.39 Å². The second-order valence-electron chi connectivity index (χ2n) is 5.97. The van der Waals surface area contributed by atoms with Crippen LogP contribution in [-0.4, -0.2) is 39.2 Å². The van der Waals surface area contributed by atoms with E-state index in [1.165, 1.54) is 37.1 Å². The monoisotopic (exact) mass is 335 g/mol. The zero-order valence-electron chi connectivity index (χ0n) is 13.5. The Morgan fingerprint density at radius 3 is 2.78 bits per heavy atom. The topological polar surface area (TPSA) is 42.2 Å². The normalized spacial score (nSPS) is 21.2. The fourth-order valence-corrected chi connectivity index (χ4v) is 4.21. The number of rotatable bonds is 6. The molecular weight excluding hydrogens is 313 g/mol. The van der Waals surface area contributed by atoms with Crippen molar-refractivity contribution in [3.63, 3.8) is 0 Å². The van der Waals surface area contributed by atoms with Gasteiger partial charge in [-0.1, -0.05) is 6.92 Å². The largest absolute Gasteiger partial charge is 0.419 e. The molecule has 1 fully saturated rings. The number of halogens is 1. The Morgan fingerprint density at radius 2 is 2.04 bits per heavy atom. The summed E-state index contributed by atoms with van der Waals surface area (Å²) < 4.78 is 18.7. The van der Waals surface area contributed by atoms with E-state index in [4.69, 9.17) is 4.42 Å². The average molecular weight is 335 g/mol. The molecule has 1 aliphatic rings. The van der Waals surface area contributed by atoms with Crippen molar-refractivity contribution < 1.29 is 8.81 Å². The van der Waals surface area contributed by atoms with E-state index >= 15 is 0 Å². The highest BCUT2D eigenvalue weighted by atomic mass is 32.2. The fourth-order valence-electron chi connectivity index (χ4n) is 3.07. The number of aromatic nitrogens is 2. The van der Waals surface area contributed by atoms with Gasteiger partial charge in [-0.3, -0.25) is 4.90 Å². The molecule has 1 saturated carbocycles. The molecule has 1 heterocycles. The van der Waals surface area contributed by atoms with E-state index in [0.717, 1.165) is 10.8 Å². The summed E-state index contributed by atoms with van der Waals surface area (Å²) in [6, 6.07) is 6.69. The van der Waals surface area contributed by atoms with Crippen molar-refractivity contribution in [3.05, 3.63) is 36.0 Å². The highest BCUT2D eigenvalue weighted by Crippen LogP contribution is 2.32. The van der Waals surface area contributed by atoms with Gasteiger partial charge in [0.2, 0.25) is 11.8 Å². The van der Waals surface area contributed by atoms with Gasteiger partial charge in [-0.2, -0.15) is 11.8 Å². The summed E-state index contributed by atoms with van der Waals surface area (Å²) in [4.78, 5) is 2.30. The highest BCUT2D eigenvalue weighted by Gasteiger charge is 2.28. The molecule has 0 spiro atoms. The smallest absolute Gasteiger partial charge is 0.247 e. The molecule has 124 valence electrons. The lowest BCUT2D eigenvalue weighted by Crippen LogP contribution is -2.29. The summed E-state index contributed by atoms with van der Waals surface area (Å²) in [5.41, 5.74) is 0.744. The number of thioether (sulfide) groups is 1. The summed E-state index contributed by atoms with van der Waals surface area (Å²) >= 11 is 2.06. The Hall–Kier alpha value is -1.40. The van der Waals surface area contributed by atoms with Gasteiger partial charge in [0.05, 0.1) is 6.54 Å². The van der Waals surface area contributed by atoms with Crippen LogP contribution in [0.25, 0.3) is 11.5 Å². The molecule has 2 aromatic rings. The van der Waals surface area contributed by atoms with Crippen LogP contribution in [0.4, 0.5) is 4.39 Å².